The van der Waals surface area contributed by atoms with E-state index >= 15 is 0 Å². The Morgan fingerprint density at radius 1 is 1.03 bits per heavy atom. The molecule has 1 aromatic carbocycles. The zero-order valence-electron chi connectivity index (χ0n) is 17.6. The van der Waals surface area contributed by atoms with Gasteiger partial charge in [0.15, 0.2) is 11.2 Å². The maximum atomic E-state index is 12.9. The monoisotopic (exact) mass is 395 g/mol. The first kappa shape index (κ1) is 19.0. The summed E-state index contributed by atoms with van der Waals surface area (Å²) in [4.78, 5) is 29.9. The minimum absolute atomic E-state index is 0.361. The second-order valence-electron chi connectivity index (χ2n) is 7.80. The molecule has 0 saturated heterocycles. The molecule has 0 saturated carbocycles. The highest BCUT2D eigenvalue weighted by Gasteiger charge is 2.23. The summed E-state index contributed by atoms with van der Waals surface area (Å²) in [5.74, 6) is 1.71. The molecule has 8 nitrogen and oxygen atoms in total. The fourth-order valence-corrected chi connectivity index (χ4v) is 3.63. The van der Waals surface area contributed by atoms with Gasteiger partial charge in [-0.2, -0.15) is 4.98 Å². The first-order valence-electron chi connectivity index (χ1n) is 9.62. The van der Waals surface area contributed by atoms with E-state index < -0.39 is 5.69 Å². The Bertz CT molecular complexity index is 1370. The van der Waals surface area contributed by atoms with Gasteiger partial charge in [0.25, 0.3) is 5.56 Å². The zero-order valence-corrected chi connectivity index (χ0v) is 17.6. The predicted molar refractivity (Wildman–Crippen MR) is 112 cm³/mol. The molecular weight excluding hydrogens is 370 g/mol. The van der Waals surface area contributed by atoms with Crippen molar-refractivity contribution in [2.45, 2.75) is 27.7 Å². The molecule has 0 bridgehead atoms. The van der Waals surface area contributed by atoms with Crippen molar-refractivity contribution >= 4 is 16.9 Å². The van der Waals surface area contributed by atoms with Crippen LogP contribution in [0.5, 0.6) is 5.75 Å². The van der Waals surface area contributed by atoms with Crippen molar-refractivity contribution in [3.63, 3.8) is 0 Å². The van der Waals surface area contributed by atoms with E-state index in [9.17, 15) is 9.59 Å². The molecule has 0 amide bonds. The smallest absolute Gasteiger partial charge is 0.332 e. The maximum Gasteiger partial charge on any atom is 0.332 e. The molecule has 0 aliphatic rings. The van der Waals surface area contributed by atoms with Crippen LogP contribution in [-0.2, 0) is 14.1 Å². The second-order valence-corrected chi connectivity index (χ2v) is 7.80. The SMILES string of the molecule is Cc1c(C)n2c3c(=O)n(C)c(=O)n(C)c3nc2n1-c1ccccc1OCC(C)C. The normalized spacial score (nSPS) is 11.8. The molecule has 0 aliphatic heterocycles. The van der Waals surface area contributed by atoms with Gasteiger partial charge in [0.05, 0.1) is 12.3 Å². The highest BCUT2D eigenvalue weighted by Crippen LogP contribution is 2.30. The Morgan fingerprint density at radius 2 is 1.72 bits per heavy atom. The number of ether oxygens (including phenoxy) is 1. The van der Waals surface area contributed by atoms with Crippen LogP contribution in [0.4, 0.5) is 0 Å². The number of aryl methyl sites for hydroxylation is 2. The summed E-state index contributed by atoms with van der Waals surface area (Å²) in [7, 11) is 3.11. The van der Waals surface area contributed by atoms with Crippen LogP contribution in [0.3, 0.4) is 0 Å². The Hall–Kier alpha value is -3.29. The Morgan fingerprint density at radius 3 is 2.41 bits per heavy atom. The standard InChI is InChI=1S/C21H25N5O3/c1-12(2)11-29-16-10-8-7-9-15(16)25-13(3)14(4)26-17-18(22-20(25)26)23(5)21(28)24(6)19(17)27/h7-10,12H,11H2,1-6H3. The third kappa shape index (κ3) is 2.70. The van der Waals surface area contributed by atoms with Crippen molar-refractivity contribution in [1.82, 2.24) is 23.1 Å². The van der Waals surface area contributed by atoms with Gasteiger partial charge in [-0.05, 0) is 31.9 Å². The van der Waals surface area contributed by atoms with Gasteiger partial charge < -0.3 is 4.74 Å². The van der Waals surface area contributed by atoms with Crippen molar-refractivity contribution in [1.29, 1.82) is 0 Å². The van der Waals surface area contributed by atoms with Crippen LogP contribution in [-0.4, -0.2) is 29.7 Å². The van der Waals surface area contributed by atoms with Crippen LogP contribution >= 0.6 is 0 Å². The average molecular weight is 395 g/mol. The fourth-order valence-electron chi connectivity index (χ4n) is 3.63. The number of nitrogens with zero attached hydrogens (tertiary/aromatic N) is 5. The van der Waals surface area contributed by atoms with E-state index in [1.807, 2.05) is 47.1 Å². The average Bonchev–Trinajstić information content (AvgIpc) is 3.19. The van der Waals surface area contributed by atoms with Gasteiger partial charge in [-0.15, -0.1) is 0 Å². The lowest BCUT2D eigenvalue weighted by atomic mass is 10.2. The van der Waals surface area contributed by atoms with Gasteiger partial charge in [-0.1, -0.05) is 26.0 Å². The van der Waals surface area contributed by atoms with E-state index in [0.717, 1.165) is 27.4 Å². The molecular formula is C21H25N5O3. The maximum absolute atomic E-state index is 12.9. The minimum atomic E-state index is -0.398. The van der Waals surface area contributed by atoms with E-state index in [0.29, 0.717) is 29.5 Å². The molecule has 4 aromatic rings. The topological polar surface area (TPSA) is 75.5 Å². The van der Waals surface area contributed by atoms with Crippen molar-refractivity contribution in [2.24, 2.45) is 20.0 Å². The van der Waals surface area contributed by atoms with E-state index in [4.69, 9.17) is 9.72 Å². The van der Waals surface area contributed by atoms with Crippen LogP contribution in [0.1, 0.15) is 25.2 Å². The number of hydrogen-bond donors (Lipinski definition) is 0. The summed E-state index contributed by atoms with van der Waals surface area (Å²) in [6, 6.07) is 7.78. The summed E-state index contributed by atoms with van der Waals surface area (Å²) in [5.41, 5.74) is 2.68. The molecule has 29 heavy (non-hydrogen) atoms. The number of benzene rings is 1. The van der Waals surface area contributed by atoms with E-state index in [-0.39, 0.29) is 5.56 Å². The van der Waals surface area contributed by atoms with Crippen LogP contribution in [0, 0.1) is 19.8 Å². The molecule has 0 unspecified atom stereocenters. The van der Waals surface area contributed by atoms with Crippen LogP contribution < -0.4 is 16.0 Å². The van der Waals surface area contributed by atoms with Crippen LogP contribution in [0.25, 0.3) is 22.6 Å². The number of imidazole rings is 2. The number of fused-ring (bicyclic) bond motifs is 3. The van der Waals surface area contributed by atoms with Gasteiger partial charge in [-0.3, -0.25) is 22.9 Å². The zero-order chi connectivity index (χ0) is 21.0. The molecule has 8 heteroatoms. The van der Waals surface area contributed by atoms with Gasteiger partial charge >= 0.3 is 5.69 Å². The van der Waals surface area contributed by atoms with E-state index in [2.05, 4.69) is 13.8 Å². The highest BCUT2D eigenvalue weighted by molar-refractivity contribution is 5.77. The fraction of sp³-hybridized carbons (Fsp3) is 0.381. The van der Waals surface area contributed by atoms with E-state index in [1.54, 1.807) is 7.05 Å². The van der Waals surface area contributed by atoms with Crippen molar-refractivity contribution in [3.05, 3.63) is 56.5 Å². The molecule has 0 spiro atoms. The number of para-hydroxylation sites is 2. The summed E-state index contributed by atoms with van der Waals surface area (Å²) in [5, 5.41) is 0. The van der Waals surface area contributed by atoms with Crippen molar-refractivity contribution < 1.29 is 4.74 Å². The Kier molecular flexibility index (Phi) is 4.37. The summed E-state index contributed by atoms with van der Waals surface area (Å²) in [6.45, 7) is 8.73. The molecule has 0 aliphatic carbocycles. The Labute approximate surface area is 167 Å². The first-order valence-corrected chi connectivity index (χ1v) is 9.62. The highest BCUT2D eigenvalue weighted by atomic mass is 16.5. The van der Waals surface area contributed by atoms with Crippen molar-refractivity contribution in [2.75, 3.05) is 6.61 Å². The molecule has 0 atom stereocenters. The van der Waals surface area contributed by atoms with Crippen LogP contribution in [0.2, 0.25) is 0 Å². The molecule has 0 N–H and O–H groups in total. The molecule has 3 aromatic heterocycles. The second kappa shape index (κ2) is 6.65. The summed E-state index contributed by atoms with van der Waals surface area (Å²) >= 11 is 0. The summed E-state index contributed by atoms with van der Waals surface area (Å²) < 4.78 is 12.4. The number of hydrogen-bond acceptors (Lipinski definition) is 4. The van der Waals surface area contributed by atoms with Crippen molar-refractivity contribution in [3.8, 4) is 11.4 Å². The lowest BCUT2D eigenvalue weighted by Crippen LogP contribution is -2.37. The predicted octanol–water partition coefficient (Wildman–Crippen LogP) is 2.33. The number of rotatable bonds is 4. The quantitative estimate of drug-likeness (QED) is 0.531. The van der Waals surface area contributed by atoms with E-state index in [1.165, 1.54) is 11.6 Å². The molecule has 4 rings (SSSR count). The van der Waals surface area contributed by atoms with Crippen LogP contribution in [0.15, 0.2) is 33.9 Å². The minimum Gasteiger partial charge on any atom is -0.491 e. The van der Waals surface area contributed by atoms with Gasteiger partial charge in [0.1, 0.15) is 5.75 Å². The molecule has 0 radical (unpaired) electrons. The van der Waals surface area contributed by atoms with Gasteiger partial charge in [-0.25, -0.2) is 4.79 Å². The lowest BCUT2D eigenvalue weighted by molar-refractivity contribution is 0.270. The molecule has 0 fully saturated rings. The third-order valence-electron chi connectivity index (χ3n) is 5.31. The molecule has 152 valence electrons. The van der Waals surface area contributed by atoms with Gasteiger partial charge in [0, 0.05) is 25.5 Å². The number of aromatic nitrogens is 5. The third-order valence-corrected chi connectivity index (χ3v) is 5.31. The Balaban J connectivity index is 2.10. The first-order chi connectivity index (χ1) is 13.7. The lowest BCUT2D eigenvalue weighted by Gasteiger charge is -2.15. The van der Waals surface area contributed by atoms with Gasteiger partial charge in [0.2, 0.25) is 5.78 Å². The summed E-state index contributed by atoms with van der Waals surface area (Å²) in [6.07, 6.45) is 0. The largest absolute Gasteiger partial charge is 0.491 e. The molecule has 3 heterocycles.